The van der Waals surface area contributed by atoms with Gasteiger partial charge in [-0.15, -0.1) is 0 Å². The summed E-state index contributed by atoms with van der Waals surface area (Å²) in [4.78, 5) is 4.64. The fourth-order valence-electron chi connectivity index (χ4n) is 1.64. The molecule has 2 aromatic heterocycles. The van der Waals surface area contributed by atoms with Crippen LogP contribution >= 0.6 is 0 Å². The molecule has 4 heteroatoms. The van der Waals surface area contributed by atoms with Crippen LogP contribution in [0.15, 0.2) is 12.3 Å². The standard InChI is InChI=1S/C12H17N3O/c1-12(2,3)10-6-9(16-5)8-7-13-15(4)11(8)14-10/h6-7H,1-5H3. The van der Waals surface area contributed by atoms with E-state index in [-0.39, 0.29) is 5.41 Å². The maximum absolute atomic E-state index is 5.38. The number of aryl methyl sites for hydroxylation is 1. The lowest BCUT2D eigenvalue weighted by atomic mass is 9.91. The third-order valence-electron chi connectivity index (χ3n) is 2.66. The van der Waals surface area contributed by atoms with Crippen molar-refractivity contribution in [1.29, 1.82) is 0 Å². The third-order valence-corrected chi connectivity index (χ3v) is 2.66. The molecular weight excluding hydrogens is 202 g/mol. The van der Waals surface area contributed by atoms with E-state index in [1.54, 1.807) is 18.0 Å². The first-order valence-corrected chi connectivity index (χ1v) is 5.30. The molecule has 0 amide bonds. The average Bonchev–Trinajstić information content (AvgIpc) is 2.58. The summed E-state index contributed by atoms with van der Waals surface area (Å²) in [6, 6.07) is 1.99. The van der Waals surface area contributed by atoms with Gasteiger partial charge in [-0.2, -0.15) is 5.10 Å². The molecule has 0 aliphatic heterocycles. The minimum atomic E-state index is 0.00569. The second-order valence-electron chi connectivity index (χ2n) is 4.97. The third kappa shape index (κ3) is 1.64. The fraction of sp³-hybridized carbons (Fsp3) is 0.500. The number of methoxy groups -OCH3 is 1. The summed E-state index contributed by atoms with van der Waals surface area (Å²) in [6.45, 7) is 6.41. The predicted octanol–water partition coefficient (Wildman–Crippen LogP) is 2.27. The highest BCUT2D eigenvalue weighted by atomic mass is 16.5. The highest BCUT2D eigenvalue weighted by Gasteiger charge is 2.19. The van der Waals surface area contributed by atoms with Gasteiger partial charge in [0.25, 0.3) is 0 Å². The Labute approximate surface area is 95.2 Å². The molecule has 0 atom stereocenters. The van der Waals surface area contributed by atoms with Crippen molar-refractivity contribution in [1.82, 2.24) is 14.8 Å². The van der Waals surface area contributed by atoms with Crippen LogP contribution in [0.2, 0.25) is 0 Å². The highest BCUT2D eigenvalue weighted by Crippen LogP contribution is 2.30. The summed E-state index contributed by atoms with van der Waals surface area (Å²) in [7, 11) is 3.56. The fourth-order valence-corrected chi connectivity index (χ4v) is 1.64. The number of pyridine rings is 1. The van der Waals surface area contributed by atoms with Crippen LogP contribution in [-0.4, -0.2) is 21.9 Å². The van der Waals surface area contributed by atoms with Gasteiger partial charge in [0.05, 0.1) is 24.4 Å². The molecule has 0 bridgehead atoms. The molecule has 0 aliphatic carbocycles. The largest absolute Gasteiger partial charge is 0.496 e. The first-order valence-electron chi connectivity index (χ1n) is 5.30. The number of fused-ring (bicyclic) bond motifs is 1. The van der Waals surface area contributed by atoms with Crippen molar-refractivity contribution in [2.24, 2.45) is 7.05 Å². The minimum Gasteiger partial charge on any atom is -0.496 e. The molecule has 2 rings (SSSR count). The summed E-state index contributed by atoms with van der Waals surface area (Å²) in [6.07, 6.45) is 1.79. The van der Waals surface area contributed by atoms with Gasteiger partial charge in [0.15, 0.2) is 5.65 Å². The van der Waals surface area contributed by atoms with E-state index in [0.717, 1.165) is 22.5 Å². The molecule has 86 valence electrons. The topological polar surface area (TPSA) is 39.9 Å². The van der Waals surface area contributed by atoms with E-state index < -0.39 is 0 Å². The van der Waals surface area contributed by atoms with Gasteiger partial charge in [-0.1, -0.05) is 20.8 Å². The highest BCUT2D eigenvalue weighted by molar-refractivity contribution is 5.82. The second-order valence-corrected chi connectivity index (χ2v) is 4.97. The van der Waals surface area contributed by atoms with Gasteiger partial charge in [0, 0.05) is 18.5 Å². The Balaban J connectivity index is 2.76. The molecule has 0 aromatic carbocycles. The van der Waals surface area contributed by atoms with Crippen molar-refractivity contribution < 1.29 is 4.74 Å². The van der Waals surface area contributed by atoms with E-state index in [4.69, 9.17) is 4.74 Å². The second kappa shape index (κ2) is 3.47. The van der Waals surface area contributed by atoms with Crippen molar-refractivity contribution in [3.05, 3.63) is 18.0 Å². The summed E-state index contributed by atoms with van der Waals surface area (Å²) in [5.41, 5.74) is 1.89. The van der Waals surface area contributed by atoms with Gasteiger partial charge < -0.3 is 4.74 Å². The van der Waals surface area contributed by atoms with E-state index in [1.807, 2.05) is 13.1 Å². The lowest BCUT2D eigenvalue weighted by Crippen LogP contribution is -2.14. The van der Waals surface area contributed by atoms with Crippen LogP contribution in [0.1, 0.15) is 26.5 Å². The zero-order valence-corrected chi connectivity index (χ0v) is 10.4. The van der Waals surface area contributed by atoms with Crippen LogP contribution in [0.25, 0.3) is 11.0 Å². The average molecular weight is 219 g/mol. The van der Waals surface area contributed by atoms with Crippen LogP contribution in [0.4, 0.5) is 0 Å². The van der Waals surface area contributed by atoms with Crippen LogP contribution < -0.4 is 4.74 Å². The van der Waals surface area contributed by atoms with Crippen LogP contribution in [0.5, 0.6) is 5.75 Å². The summed E-state index contributed by atoms with van der Waals surface area (Å²) in [5, 5.41) is 5.16. The Bertz CT molecular complexity index is 523. The number of nitrogens with zero attached hydrogens (tertiary/aromatic N) is 3. The van der Waals surface area contributed by atoms with E-state index in [2.05, 4.69) is 30.9 Å². The van der Waals surface area contributed by atoms with Crippen molar-refractivity contribution in [3.63, 3.8) is 0 Å². The van der Waals surface area contributed by atoms with E-state index in [1.165, 1.54) is 0 Å². The summed E-state index contributed by atoms with van der Waals surface area (Å²) in [5.74, 6) is 0.836. The quantitative estimate of drug-likeness (QED) is 0.738. The van der Waals surface area contributed by atoms with Gasteiger partial charge in [0.1, 0.15) is 5.75 Å². The lowest BCUT2D eigenvalue weighted by Gasteiger charge is -2.18. The van der Waals surface area contributed by atoms with Crippen LogP contribution in [-0.2, 0) is 12.5 Å². The van der Waals surface area contributed by atoms with Crippen molar-refractivity contribution in [2.45, 2.75) is 26.2 Å². The molecular formula is C12H17N3O. The van der Waals surface area contributed by atoms with E-state index in [9.17, 15) is 0 Å². The predicted molar refractivity (Wildman–Crippen MR) is 63.8 cm³/mol. The molecule has 0 fully saturated rings. The zero-order valence-electron chi connectivity index (χ0n) is 10.4. The minimum absolute atomic E-state index is 0.00569. The smallest absolute Gasteiger partial charge is 0.161 e. The molecule has 0 spiro atoms. The zero-order chi connectivity index (χ0) is 11.9. The number of ether oxygens (including phenoxy) is 1. The number of hydrogen-bond acceptors (Lipinski definition) is 3. The Morgan fingerprint density at radius 1 is 1.31 bits per heavy atom. The molecule has 2 aromatic rings. The number of rotatable bonds is 1. The first kappa shape index (κ1) is 10.9. The van der Waals surface area contributed by atoms with Gasteiger partial charge in [-0.25, -0.2) is 4.98 Å². The Morgan fingerprint density at radius 2 is 2.00 bits per heavy atom. The molecule has 0 saturated carbocycles. The van der Waals surface area contributed by atoms with Crippen LogP contribution in [0, 0.1) is 0 Å². The van der Waals surface area contributed by atoms with Gasteiger partial charge in [0.2, 0.25) is 0 Å². The molecule has 4 nitrogen and oxygen atoms in total. The molecule has 0 unspecified atom stereocenters. The lowest BCUT2D eigenvalue weighted by molar-refractivity contribution is 0.416. The van der Waals surface area contributed by atoms with Gasteiger partial charge >= 0.3 is 0 Å². The molecule has 2 heterocycles. The number of aromatic nitrogens is 3. The Morgan fingerprint density at radius 3 is 2.56 bits per heavy atom. The number of hydrogen-bond donors (Lipinski definition) is 0. The first-order chi connectivity index (χ1) is 7.43. The molecule has 16 heavy (non-hydrogen) atoms. The normalized spacial score (nSPS) is 12.1. The monoisotopic (exact) mass is 219 g/mol. The maximum Gasteiger partial charge on any atom is 0.161 e. The molecule has 0 radical (unpaired) electrons. The van der Waals surface area contributed by atoms with Crippen LogP contribution in [0.3, 0.4) is 0 Å². The summed E-state index contributed by atoms with van der Waals surface area (Å²) < 4.78 is 7.15. The van der Waals surface area contributed by atoms with Gasteiger partial charge in [-0.3, -0.25) is 4.68 Å². The summed E-state index contributed by atoms with van der Waals surface area (Å²) >= 11 is 0. The van der Waals surface area contributed by atoms with Gasteiger partial charge in [-0.05, 0) is 0 Å². The Hall–Kier alpha value is -1.58. The van der Waals surface area contributed by atoms with Crippen molar-refractivity contribution in [2.75, 3.05) is 7.11 Å². The molecule has 0 saturated heterocycles. The Kier molecular flexibility index (Phi) is 2.37. The molecule has 0 N–H and O–H groups in total. The van der Waals surface area contributed by atoms with Crippen molar-refractivity contribution in [3.8, 4) is 5.75 Å². The SMILES string of the molecule is COc1cc(C(C)(C)C)nc2c1cnn2C. The molecule has 0 aliphatic rings. The maximum atomic E-state index is 5.38. The van der Waals surface area contributed by atoms with E-state index in [0.29, 0.717) is 0 Å². The van der Waals surface area contributed by atoms with E-state index >= 15 is 0 Å². The van der Waals surface area contributed by atoms with Crippen molar-refractivity contribution >= 4 is 11.0 Å².